The first-order valence-electron chi connectivity index (χ1n) is 11.4. The number of rotatable bonds is 5. The summed E-state index contributed by atoms with van der Waals surface area (Å²) in [6.45, 7) is 11.9. The van der Waals surface area contributed by atoms with E-state index in [1.807, 2.05) is 0 Å². The van der Waals surface area contributed by atoms with E-state index in [0.29, 0.717) is 11.9 Å². The van der Waals surface area contributed by atoms with Gasteiger partial charge in [-0.05, 0) is 77.2 Å². The molecular formula is C24H37N3O. The quantitative estimate of drug-likeness (QED) is 0.776. The maximum atomic E-state index is 13.5. The van der Waals surface area contributed by atoms with Crippen molar-refractivity contribution in [2.24, 2.45) is 5.41 Å². The van der Waals surface area contributed by atoms with E-state index in [4.69, 9.17) is 0 Å². The van der Waals surface area contributed by atoms with E-state index in [0.717, 1.165) is 45.4 Å². The van der Waals surface area contributed by atoms with E-state index in [9.17, 15) is 4.79 Å². The first-order chi connectivity index (χ1) is 13.6. The summed E-state index contributed by atoms with van der Waals surface area (Å²) in [5, 5.41) is 0. The number of carbonyl (C=O) groups excluding carboxylic acids is 1. The molecule has 3 aliphatic heterocycles. The van der Waals surface area contributed by atoms with Gasteiger partial charge < -0.3 is 9.80 Å². The standard InChI is InChI=1S/C24H37N3O/c1-3-12-25-14-8-22(9-15-25)27-16-11-24(19-27)10-5-13-26(23(24)28)18-21-7-4-6-20(2)17-21/h4,6-7,17,22H,3,5,8-16,18-19H2,1-2H3. The number of nitrogens with zero attached hydrogens (tertiary/aromatic N) is 3. The Kier molecular flexibility index (Phi) is 6.07. The van der Waals surface area contributed by atoms with Crippen LogP contribution in [0.15, 0.2) is 24.3 Å². The van der Waals surface area contributed by atoms with Crippen LogP contribution < -0.4 is 0 Å². The van der Waals surface area contributed by atoms with Gasteiger partial charge in [0, 0.05) is 25.7 Å². The summed E-state index contributed by atoms with van der Waals surface area (Å²) >= 11 is 0. The average molecular weight is 384 g/mol. The molecule has 3 aliphatic rings. The van der Waals surface area contributed by atoms with Gasteiger partial charge in [-0.2, -0.15) is 0 Å². The number of carbonyl (C=O) groups is 1. The third-order valence-electron chi connectivity index (χ3n) is 7.28. The van der Waals surface area contributed by atoms with Gasteiger partial charge in [-0.25, -0.2) is 0 Å². The molecule has 28 heavy (non-hydrogen) atoms. The van der Waals surface area contributed by atoms with Gasteiger partial charge in [-0.15, -0.1) is 0 Å². The number of hydrogen-bond donors (Lipinski definition) is 0. The highest BCUT2D eigenvalue weighted by Gasteiger charge is 2.49. The van der Waals surface area contributed by atoms with Crippen LogP contribution >= 0.6 is 0 Å². The Balaban J connectivity index is 1.37. The molecule has 0 aromatic heterocycles. The Morgan fingerprint density at radius 3 is 2.68 bits per heavy atom. The molecule has 0 aliphatic carbocycles. The molecule has 0 N–H and O–H groups in total. The monoisotopic (exact) mass is 383 g/mol. The third-order valence-corrected chi connectivity index (χ3v) is 7.28. The molecule has 3 heterocycles. The van der Waals surface area contributed by atoms with E-state index in [2.05, 4.69) is 52.8 Å². The van der Waals surface area contributed by atoms with Gasteiger partial charge in [-0.1, -0.05) is 36.8 Å². The first-order valence-corrected chi connectivity index (χ1v) is 11.4. The van der Waals surface area contributed by atoms with Crippen LogP contribution in [0.1, 0.15) is 56.6 Å². The lowest BCUT2D eigenvalue weighted by atomic mass is 9.78. The zero-order valence-corrected chi connectivity index (χ0v) is 17.8. The van der Waals surface area contributed by atoms with Crippen LogP contribution in [0.25, 0.3) is 0 Å². The SMILES string of the molecule is CCCN1CCC(N2CCC3(CCCN(Cc4cccc(C)c4)C3=O)C2)CC1. The first kappa shape index (κ1) is 19.9. The largest absolute Gasteiger partial charge is 0.338 e. The number of likely N-dealkylation sites (tertiary alicyclic amines) is 3. The van der Waals surface area contributed by atoms with Crippen molar-refractivity contribution in [1.29, 1.82) is 0 Å². The number of hydrogen-bond acceptors (Lipinski definition) is 3. The molecule has 4 heteroatoms. The minimum absolute atomic E-state index is 0.109. The lowest BCUT2D eigenvalue weighted by Gasteiger charge is -2.41. The molecule has 0 radical (unpaired) electrons. The van der Waals surface area contributed by atoms with Crippen molar-refractivity contribution in [2.75, 3.05) is 39.3 Å². The fourth-order valence-electron chi connectivity index (χ4n) is 5.75. The van der Waals surface area contributed by atoms with Crippen LogP contribution in [0.4, 0.5) is 0 Å². The van der Waals surface area contributed by atoms with Gasteiger partial charge in [0.05, 0.1) is 5.41 Å². The van der Waals surface area contributed by atoms with Crippen molar-refractivity contribution < 1.29 is 4.79 Å². The van der Waals surface area contributed by atoms with Crippen molar-refractivity contribution in [3.63, 3.8) is 0 Å². The van der Waals surface area contributed by atoms with Crippen molar-refractivity contribution in [2.45, 2.75) is 65.0 Å². The van der Waals surface area contributed by atoms with Gasteiger partial charge in [0.2, 0.25) is 5.91 Å². The number of benzene rings is 1. The van der Waals surface area contributed by atoms with E-state index >= 15 is 0 Å². The molecule has 3 saturated heterocycles. The van der Waals surface area contributed by atoms with Crippen LogP contribution in [-0.4, -0.2) is 65.9 Å². The minimum atomic E-state index is -0.109. The van der Waals surface area contributed by atoms with Crippen molar-refractivity contribution in [3.05, 3.63) is 35.4 Å². The van der Waals surface area contributed by atoms with Gasteiger partial charge in [0.1, 0.15) is 0 Å². The highest BCUT2D eigenvalue weighted by atomic mass is 16.2. The molecule has 1 aromatic rings. The van der Waals surface area contributed by atoms with Crippen LogP contribution in [-0.2, 0) is 11.3 Å². The second-order valence-electron chi connectivity index (χ2n) is 9.39. The average Bonchev–Trinajstić information content (AvgIpc) is 3.12. The van der Waals surface area contributed by atoms with E-state index in [1.165, 1.54) is 50.0 Å². The molecule has 4 nitrogen and oxygen atoms in total. The van der Waals surface area contributed by atoms with Crippen molar-refractivity contribution in [3.8, 4) is 0 Å². The van der Waals surface area contributed by atoms with E-state index in [1.54, 1.807) is 0 Å². The highest BCUT2D eigenvalue weighted by Crippen LogP contribution is 2.42. The molecule has 1 unspecified atom stereocenters. The Morgan fingerprint density at radius 2 is 1.93 bits per heavy atom. The van der Waals surface area contributed by atoms with Gasteiger partial charge >= 0.3 is 0 Å². The number of piperidine rings is 2. The fraction of sp³-hybridized carbons (Fsp3) is 0.708. The van der Waals surface area contributed by atoms with Crippen LogP contribution in [0.5, 0.6) is 0 Å². The van der Waals surface area contributed by atoms with Gasteiger partial charge in [0.25, 0.3) is 0 Å². The topological polar surface area (TPSA) is 26.8 Å². The molecule has 4 rings (SSSR count). The molecule has 1 spiro atoms. The zero-order valence-electron chi connectivity index (χ0n) is 17.8. The maximum absolute atomic E-state index is 13.5. The Hall–Kier alpha value is -1.39. The Labute approximate surface area is 170 Å². The van der Waals surface area contributed by atoms with E-state index < -0.39 is 0 Å². The van der Waals surface area contributed by atoms with E-state index in [-0.39, 0.29) is 5.41 Å². The molecule has 1 aromatic carbocycles. The predicted octanol–water partition coefficient (Wildman–Crippen LogP) is 3.68. The highest BCUT2D eigenvalue weighted by molar-refractivity contribution is 5.84. The lowest BCUT2D eigenvalue weighted by molar-refractivity contribution is -0.146. The molecule has 3 fully saturated rings. The minimum Gasteiger partial charge on any atom is -0.338 e. The van der Waals surface area contributed by atoms with Crippen molar-refractivity contribution >= 4 is 5.91 Å². The summed E-state index contributed by atoms with van der Waals surface area (Å²) < 4.78 is 0. The Morgan fingerprint density at radius 1 is 1.11 bits per heavy atom. The fourth-order valence-corrected chi connectivity index (χ4v) is 5.75. The summed E-state index contributed by atoms with van der Waals surface area (Å²) in [4.78, 5) is 20.9. The molecule has 1 amide bonds. The van der Waals surface area contributed by atoms with Gasteiger partial charge in [-0.3, -0.25) is 9.69 Å². The predicted molar refractivity (Wildman–Crippen MR) is 114 cm³/mol. The summed E-state index contributed by atoms with van der Waals surface area (Å²) in [7, 11) is 0. The summed E-state index contributed by atoms with van der Waals surface area (Å²) in [6, 6.07) is 9.31. The summed E-state index contributed by atoms with van der Waals surface area (Å²) in [5.74, 6) is 0.422. The van der Waals surface area contributed by atoms with Crippen molar-refractivity contribution in [1.82, 2.24) is 14.7 Å². The molecule has 0 bridgehead atoms. The molecule has 1 atom stereocenters. The Bertz CT molecular complexity index is 682. The van der Waals surface area contributed by atoms with Crippen LogP contribution in [0.3, 0.4) is 0 Å². The number of aryl methyl sites for hydroxylation is 1. The second kappa shape index (κ2) is 8.54. The molecule has 0 saturated carbocycles. The smallest absolute Gasteiger partial charge is 0.230 e. The second-order valence-corrected chi connectivity index (χ2v) is 9.39. The normalized spacial score (nSPS) is 27.8. The lowest BCUT2D eigenvalue weighted by Crippen LogP contribution is -2.51. The summed E-state index contributed by atoms with van der Waals surface area (Å²) in [5.41, 5.74) is 2.43. The number of amides is 1. The zero-order chi connectivity index (χ0) is 19.6. The summed E-state index contributed by atoms with van der Waals surface area (Å²) in [6.07, 6.45) is 7.10. The van der Waals surface area contributed by atoms with Crippen LogP contribution in [0.2, 0.25) is 0 Å². The van der Waals surface area contributed by atoms with Crippen LogP contribution in [0, 0.1) is 12.3 Å². The van der Waals surface area contributed by atoms with Gasteiger partial charge in [0.15, 0.2) is 0 Å². The third kappa shape index (κ3) is 4.13. The maximum Gasteiger partial charge on any atom is 0.230 e. The molecular weight excluding hydrogens is 346 g/mol. The molecule has 154 valence electrons.